The molecule has 0 spiro atoms. The minimum atomic E-state index is -4.75. The second-order valence-electron chi connectivity index (χ2n) is 6.48. The molecule has 0 aromatic heterocycles. The van der Waals surface area contributed by atoms with E-state index in [9.17, 15) is 26.7 Å². The van der Waals surface area contributed by atoms with Crippen LogP contribution >= 0.6 is 11.6 Å². The van der Waals surface area contributed by atoms with Crippen molar-refractivity contribution in [3.05, 3.63) is 58.1 Å². The molecule has 0 aliphatic carbocycles. The number of alkyl halides is 3. The van der Waals surface area contributed by atoms with Gasteiger partial charge in [0.2, 0.25) is 5.82 Å². The van der Waals surface area contributed by atoms with Crippen molar-refractivity contribution >= 4 is 17.6 Å². The van der Waals surface area contributed by atoms with E-state index in [4.69, 9.17) is 21.1 Å². The SMILES string of the molecule is CC(C)(C)OC(=O)c1ccc(Oc2ccc(Cl)c(C(F)(F)F)c2)c(F)c1F. The molecule has 0 saturated carbocycles. The number of halogens is 6. The largest absolute Gasteiger partial charge is 0.456 e. The maximum Gasteiger partial charge on any atom is 0.417 e. The maximum atomic E-state index is 14.2. The van der Waals surface area contributed by atoms with Gasteiger partial charge in [-0.1, -0.05) is 11.6 Å². The number of carbonyl (C=O) groups excluding carboxylic acids is 1. The predicted molar refractivity (Wildman–Crippen MR) is 88.1 cm³/mol. The summed E-state index contributed by atoms with van der Waals surface area (Å²) >= 11 is 5.49. The summed E-state index contributed by atoms with van der Waals surface area (Å²) in [5.41, 5.74) is -2.78. The van der Waals surface area contributed by atoms with Gasteiger partial charge in [-0.2, -0.15) is 17.6 Å². The Hall–Kier alpha value is -2.35. The average molecular weight is 409 g/mol. The van der Waals surface area contributed by atoms with Crippen LogP contribution in [0.15, 0.2) is 30.3 Å². The van der Waals surface area contributed by atoms with E-state index < -0.39 is 57.0 Å². The van der Waals surface area contributed by atoms with Crippen molar-refractivity contribution < 1.29 is 36.2 Å². The van der Waals surface area contributed by atoms with E-state index in [1.807, 2.05) is 0 Å². The molecular weight excluding hydrogens is 395 g/mol. The van der Waals surface area contributed by atoms with Crippen LogP contribution in [0.2, 0.25) is 5.02 Å². The number of hydrogen-bond donors (Lipinski definition) is 0. The van der Waals surface area contributed by atoms with Crippen LogP contribution in [0.1, 0.15) is 36.7 Å². The zero-order valence-corrected chi connectivity index (χ0v) is 15.1. The van der Waals surface area contributed by atoms with Crippen LogP contribution in [0, 0.1) is 11.6 Å². The summed E-state index contributed by atoms with van der Waals surface area (Å²) < 4.78 is 76.9. The van der Waals surface area contributed by atoms with Gasteiger partial charge in [0, 0.05) is 0 Å². The summed E-state index contributed by atoms with van der Waals surface area (Å²) in [7, 11) is 0. The van der Waals surface area contributed by atoms with Crippen molar-refractivity contribution in [2.45, 2.75) is 32.5 Å². The summed E-state index contributed by atoms with van der Waals surface area (Å²) in [4.78, 5) is 11.9. The average Bonchev–Trinajstić information content (AvgIpc) is 2.50. The molecule has 0 bridgehead atoms. The second kappa shape index (κ2) is 7.34. The smallest absolute Gasteiger partial charge is 0.417 e. The fourth-order valence-electron chi connectivity index (χ4n) is 2.01. The molecule has 2 aromatic rings. The van der Waals surface area contributed by atoms with Gasteiger partial charge in [0.1, 0.15) is 11.4 Å². The van der Waals surface area contributed by atoms with Crippen LogP contribution in [-0.4, -0.2) is 11.6 Å². The maximum absolute atomic E-state index is 14.2. The lowest BCUT2D eigenvalue weighted by atomic mass is 10.1. The molecule has 3 nitrogen and oxygen atoms in total. The second-order valence-corrected chi connectivity index (χ2v) is 6.89. The molecule has 9 heteroatoms. The molecule has 0 aliphatic heterocycles. The standard InChI is InChI=1S/C18H14ClF5O3/c1-17(2,3)27-16(25)10-5-7-13(15(21)14(10)20)26-9-4-6-12(19)11(8-9)18(22,23)24/h4-8H,1-3H3. The third-order valence-corrected chi connectivity index (χ3v) is 3.47. The Bertz CT molecular complexity index is 873. The number of carbonyl (C=O) groups is 1. The van der Waals surface area contributed by atoms with E-state index >= 15 is 0 Å². The first-order chi connectivity index (χ1) is 12.3. The summed E-state index contributed by atoms with van der Waals surface area (Å²) in [6.45, 7) is 4.65. The number of esters is 1. The Balaban J connectivity index is 2.34. The molecule has 0 fully saturated rings. The molecule has 0 atom stereocenters. The number of rotatable bonds is 3. The number of hydrogen-bond acceptors (Lipinski definition) is 3. The molecule has 2 aromatic carbocycles. The highest BCUT2D eigenvalue weighted by atomic mass is 35.5. The van der Waals surface area contributed by atoms with Gasteiger partial charge in [0.25, 0.3) is 0 Å². The van der Waals surface area contributed by atoms with Crippen molar-refractivity contribution in [1.82, 2.24) is 0 Å². The molecule has 146 valence electrons. The molecule has 0 aliphatic rings. The van der Waals surface area contributed by atoms with E-state index in [0.29, 0.717) is 6.07 Å². The molecule has 27 heavy (non-hydrogen) atoms. The highest BCUT2D eigenvalue weighted by Gasteiger charge is 2.34. The lowest BCUT2D eigenvalue weighted by molar-refractivity contribution is -0.137. The zero-order valence-electron chi connectivity index (χ0n) is 14.4. The number of ether oxygens (including phenoxy) is 2. The lowest BCUT2D eigenvalue weighted by Gasteiger charge is -2.20. The topological polar surface area (TPSA) is 35.5 Å². The first-order valence-corrected chi connectivity index (χ1v) is 7.93. The quantitative estimate of drug-likeness (QED) is 0.436. The Morgan fingerprint density at radius 2 is 1.63 bits per heavy atom. The Morgan fingerprint density at radius 3 is 2.19 bits per heavy atom. The van der Waals surface area contributed by atoms with E-state index in [0.717, 1.165) is 24.3 Å². The van der Waals surface area contributed by atoms with Crippen LogP contribution in [-0.2, 0) is 10.9 Å². The highest BCUT2D eigenvalue weighted by Crippen LogP contribution is 2.38. The van der Waals surface area contributed by atoms with Gasteiger partial charge < -0.3 is 9.47 Å². The summed E-state index contributed by atoms with van der Waals surface area (Å²) in [5, 5.41) is -0.568. The normalized spacial score (nSPS) is 12.0. The van der Waals surface area contributed by atoms with Gasteiger partial charge in [-0.15, -0.1) is 0 Å². The van der Waals surface area contributed by atoms with Crippen LogP contribution in [0.5, 0.6) is 11.5 Å². The first-order valence-electron chi connectivity index (χ1n) is 7.55. The molecular formula is C18H14ClF5O3. The van der Waals surface area contributed by atoms with E-state index in [-0.39, 0.29) is 0 Å². The summed E-state index contributed by atoms with van der Waals surface area (Å²) in [5.74, 6) is -5.27. The highest BCUT2D eigenvalue weighted by molar-refractivity contribution is 6.31. The molecule has 0 saturated heterocycles. The predicted octanol–water partition coefficient (Wildman–Crippen LogP) is 6.38. The summed E-state index contributed by atoms with van der Waals surface area (Å²) in [6.07, 6.45) is -4.75. The van der Waals surface area contributed by atoms with Crippen molar-refractivity contribution in [3.8, 4) is 11.5 Å². The number of benzene rings is 2. The van der Waals surface area contributed by atoms with Crippen LogP contribution in [0.3, 0.4) is 0 Å². The monoisotopic (exact) mass is 408 g/mol. The summed E-state index contributed by atoms with van der Waals surface area (Å²) in [6, 6.07) is 4.38. The van der Waals surface area contributed by atoms with Gasteiger partial charge in [0.15, 0.2) is 11.6 Å². The molecule has 0 radical (unpaired) electrons. The third-order valence-electron chi connectivity index (χ3n) is 3.14. The van der Waals surface area contributed by atoms with Gasteiger partial charge >= 0.3 is 12.1 Å². The molecule has 2 rings (SSSR count). The van der Waals surface area contributed by atoms with Gasteiger partial charge in [-0.05, 0) is 51.1 Å². The Kier molecular flexibility index (Phi) is 5.70. The van der Waals surface area contributed by atoms with Crippen LogP contribution in [0.4, 0.5) is 22.0 Å². The zero-order chi connectivity index (χ0) is 20.6. The van der Waals surface area contributed by atoms with Crippen molar-refractivity contribution in [3.63, 3.8) is 0 Å². The minimum Gasteiger partial charge on any atom is -0.456 e. The fraction of sp³-hybridized carbons (Fsp3) is 0.278. The van der Waals surface area contributed by atoms with Crippen molar-refractivity contribution in [2.75, 3.05) is 0 Å². The lowest BCUT2D eigenvalue weighted by Crippen LogP contribution is -2.24. The van der Waals surface area contributed by atoms with E-state index in [2.05, 4.69) is 0 Å². The van der Waals surface area contributed by atoms with Crippen LogP contribution < -0.4 is 4.74 Å². The third kappa shape index (κ3) is 5.09. The fourth-order valence-corrected chi connectivity index (χ4v) is 2.24. The van der Waals surface area contributed by atoms with Crippen molar-refractivity contribution in [2.24, 2.45) is 0 Å². The van der Waals surface area contributed by atoms with Gasteiger partial charge in [0.05, 0.1) is 16.1 Å². The van der Waals surface area contributed by atoms with Gasteiger partial charge in [-0.25, -0.2) is 9.18 Å². The molecule has 0 N–H and O–H groups in total. The minimum absolute atomic E-state index is 0.407. The van der Waals surface area contributed by atoms with E-state index in [1.54, 1.807) is 20.8 Å². The molecule has 0 amide bonds. The first kappa shape index (κ1) is 21.0. The molecule has 0 heterocycles. The van der Waals surface area contributed by atoms with E-state index in [1.165, 1.54) is 0 Å². The van der Waals surface area contributed by atoms with Crippen molar-refractivity contribution in [1.29, 1.82) is 0 Å². The Labute approximate surface area is 156 Å². The molecule has 0 unspecified atom stereocenters. The Morgan fingerprint density at radius 1 is 1.00 bits per heavy atom. The van der Waals surface area contributed by atoms with Gasteiger partial charge in [-0.3, -0.25) is 0 Å². The van der Waals surface area contributed by atoms with Crippen LogP contribution in [0.25, 0.3) is 0 Å².